The molecule has 0 saturated heterocycles. The van der Waals surface area contributed by atoms with Crippen LogP contribution in [0.5, 0.6) is 0 Å². The average molecular weight is 332 g/mol. The van der Waals surface area contributed by atoms with Crippen molar-refractivity contribution in [2.75, 3.05) is 0 Å². The van der Waals surface area contributed by atoms with Crippen molar-refractivity contribution in [3.8, 4) is 0 Å². The lowest BCUT2D eigenvalue weighted by Gasteiger charge is -2.08. The summed E-state index contributed by atoms with van der Waals surface area (Å²) in [5.41, 5.74) is 2.00. The van der Waals surface area contributed by atoms with Gasteiger partial charge in [0.15, 0.2) is 11.6 Å². The first kappa shape index (κ1) is 16.6. The van der Waals surface area contributed by atoms with Crippen LogP contribution in [0.2, 0.25) is 0 Å². The van der Waals surface area contributed by atoms with Crippen LogP contribution in [-0.2, 0) is 0 Å². The number of carboxylic acids is 1. The lowest BCUT2D eigenvalue weighted by Crippen LogP contribution is -2.07. The first-order chi connectivity index (χ1) is 12.1. The molecule has 124 valence electrons. The number of aromatic carboxylic acids is 1. The highest BCUT2D eigenvalue weighted by molar-refractivity contribution is 6.14. The molecule has 0 aliphatic heterocycles. The van der Waals surface area contributed by atoms with Gasteiger partial charge in [-0.15, -0.1) is 0 Å². The van der Waals surface area contributed by atoms with Gasteiger partial charge in [-0.25, -0.2) is 4.79 Å². The molecular formula is C21H16O4. The fourth-order valence-electron chi connectivity index (χ4n) is 2.68. The van der Waals surface area contributed by atoms with E-state index in [4.69, 9.17) is 5.11 Å². The summed E-state index contributed by atoms with van der Waals surface area (Å²) in [6.07, 6.45) is 7.45. The molecule has 2 aromatic rings. The van der Waals surface area contributed by atoms with E-state index < -0.39 is 5.97 Å². The topological polar surface area (TPSA) is 71.4 Å². The van der Waals surface area contributed by atoms with E-state index in [0.29, 0.717) is 22.3 Å². The first-order valence-electron chi connectivity index (χ1n) is 7.96. The van der Waals surface area contributed by atoms with Gasteiger partial charge in [0, 0.05) is 22.3 Å². The maximum absolute atomic E-state index is 12.6. The number of carbonyl (C=O) groups excluding carboxylic acids is 2. The van der Waals surface area contributed by atoms with E-state index in [9.17, 15) is 14.4 Å². The van der Waals surface area contributed by atoms with Crippen LogP contribution < -0.4 is 0 Å². The van der Waals surface area contributed by atoms with Gasteiger partial charge in [0.05, 0.1) is 5.56 Å². The van der Waals surface area contributed by atoms with Crippen LogP contribution in [0.3, 0.4) is 0 Å². The Kier molecular flexibility index (Phi) is 4.70. The number of rotatable bonds is 5. The van der Waals surface area contributed by atoms with Crippen LogP contribution in [-0.4, -0.2) is 22.6 Å². The molecule has 4 heteroatoms. The molecule has 3 rings (SSSR count). The normalized spacial score (nSPS) is 13.2. The summed E-state index contributed by atoms with van der Waals surface area (Å²) in [7, 11) is 0. The van der Waals surface area contributed by atoms with Gasteiger partial charge in [0.2, 0.25) is 0 Å². The van der Waals surface area contributed by atoms with Crippen LogP contribution in [0.15, 0.2) is 72.3 Å². The minimum absolute atomic E-state index is 0.105. The maximum Gasteiger partial charge on any atom is 0.335 e. The molecule has 0 unspecified atom stereocenters. The molecule has 2 aromatic carbocycles. The van der Waals surface area contributed by atoms with E-state index >= 15 is 0 Å². The zero-order valence-electron chi connectivity index (χ0n) is 13.4. The Labute approximate surface area is 145 Å². The number of carboxylic acid groups (broad SMARTS) is 1. The Bertz CT molecular complexity index is 902. The Morgan fingerprint density at radius 2 is 1.40 bits per heavy atom. The van der Waals surface area contributed by atoms with Gasteiger partial charge in [0.25, 0.3) is 0 Å². The molecule has 1 aliphatic carbocycles. The zero-order chi connectivity index (χ0) is 17.8. The van der Waals surface area contributed by atoms with Gasteiger partial charge >= 0.3 is 5.97 Å². The van der Waals surface area contributed by atoms with Gasteiger partial charge < -0.3 is 5.11 Å². The SMILES string of the molecule is O=C(O)c1ccc(C(=O)c2cccc(C(=O)C3=CCCC=C3)c2)cc1. The molecule has 0 bridgehead atoms. The Hall–Kier alpha value is -3.27. The minimum Gasteiger partial charge on any atom is -0.478 e. The fraction of sp³-hybridized carbons (Fsp3) is 0.0952. The monoisotopic (exact) mass is 332 g/mol. The van der Waals surface area contributed by atoms with E-state index in [0.717, 1.165) is 12.8 Å². The molecule has 0 fully saturated rings. The summed E-state index contributed by atoms with van der Waals surface area (Å²) in [5, 5.41) is 8.92. The zero-order valence-corrected chi connectivity index (χ0v) is 13.4. The number of benzene rings is 2. The van der Waals surface area contributed by atoms with Gasteiger partial charge in [-0.3, -0.25) is 9.59 Å². The number of allylic oxidation sites excluding steroid dienone is 4. The Morgan fingerprint density at radius 3 is 2.00 bits per heavy atom. The fourth-order valence-corrected chi connectivity index (χ4v) is 2.68. The predicted octanol–water partition coefficient (Wildman–Crippen LogP) is 4.07. The molecule has 0 amide bonds. The van der Waals surface area contributed by atoms with Crippen molar-refractivity contribution in [3.05, 3.63) is 94.6 Å². The third-order valence-electron chi connectivity index (χ3n) is 4.04. The molecule has 4 nitrogen and oxygen atoms in total. The van der Waals surface area contributed by atoms with E-state index in [-0.39, 0.29) is 17.1 Å². The second kappa shape index (κ2) is 7.09. The summed E-state index contributed by atoms with van der Waals surface area (Å²) in [4.78, 5) is 36.0. The van der Waals surface area contributed by atoms with Crippen molar-refractivity contribution in [3.63, 3.8) is 0 Å². The number of ketones is 2. The van der Waals surface area contributed by atoms with Gasteiger partial charge in [0.1, 0.15) is 0 Å². The predicted molar refractivity (Wildman–Crippen MR) is 94.1 cm³/mol. The van der Waals surface area contributed by atoms with Crippen LogP contribution in [0.1, 0.15) is 49.5 Å². The standard InChI is InChI=1S/C21H16O4/c22-19(14-5-2-1-3-6-14)17-7-4-8-18(13-17)20(23)15-9-11-16(12-10-15)21(24)25/h2,4-13H,1,3H2,(H,24,25). The third-order valence-corrected chi connectivity index (χ3v) is 4.04. The minimum atomic E-state index is -1.04. The highest BCUT2D eigenvalue weighted by Crippen LogP contribution is 2.18. The summed E-state index contributed by atoms with van der Waals surface area (Å²) >= 11 is 0. The number of hydrogen-bond donors (Lipinski definition) is 1. The molecule has 1 N–H and O–H groups in total. The van der Waals surface area contributed by atoms with Crippen molar-refractivity contribution in [2.24, 2.45) is 0 Å². The molecule has 25 heavy (non-hydrogen) atoms. The maximum atomic E-state index is 12.6. The summed E-state index contributed by atoms with van der Waals surface area (Å²) < 4.78 is 0. The Morgan fingerprint density at radius 1 is 0.760 bits per heavy atom. The summed E-state index contributed by atoms with van der Waals surface area (Å²) in [6.45, 7) is 0. The largest absolute Gasteiger partial charge is 0.478 e. The van der Waals surface area contributed by atoms with E-state index in [1.165, 1.54) is 24.3 Å². The van der Waals surface area contributed by atoms with E-state index in [1.807, 2.05) is 18.2 Å². The van der Waals surface area contributed by atoms with Crippen molar-refractivity contribution in [1.82, 2.24) is 0 Å². The first-order valence-corrected chi connectivity index (χ1v) is 7.96. The van der Waals surface area contributed by atoms with Gasteiger partial charge in [-0.2, -0.15) is 0 Å². The average Bonchev–Trinajstić information content (AvgIpc) is 2.67. The second-order valence-electron chi connectivity index (χ2n) is 5.76. The van der Waals surface area contributed by atoms with Crippen LogP contribution in [0.4, 0.5) is 0 Å². The van der Waals surface area contributed by atoms with E-state index in [1.54, 1.807) is 24.3 Å². The van der Waals surface area contributed by atoms with Crippen molar-refractivity contribution < 1.29 is 19.5 Å². The van der Waals surface area contributed by atoms with Crippen molar-refractivity contribution in [2.45, 2.75) is 12.8 Å². The molecular weight excluding hydrogens is 316 g/mol. The van der Waals surface area contributed by atoms with Gasteiger partial charge in [-0.05, 0) is 31.0 Å². The number of carbonyl (C=O) groups is 3. The third kappa shape index (κ3) is 3.63. The highest BCUT2D eigenvalue weighted by atomic mass is 16.4. The molecule has 0 atom stereocenters. The van der Waals surface area contributed by atoms with Gasteiger partial charge in [-0.1, -0.05) is 48.6 Å². The highest BCUT2D eigenvalue weighted by Gasteiger charge is 2.15. The molecule has 0 spiro atoms. The molecule has 0 heterocycles. The molecule has 0 saturated carbocycles. The molecule has 1 aliphatic rings. The molecule has 0 aromatic heterocycles. The quantitative estimate of drug-likeness (QED) is 0.838. The Balaban J connectivity index is 1.86. The lowest BCUT2D eigenvalue weighted by atomic mass is 9.95. The number of hydrogen-bond acceptors (Lipinski definition) is 3. The van der Waals surface area contributed by atoms with Crippen LogP contribution in [0.25, 0.3) is 0 Å². The number of Topliss-reactive ketones (excluding diaryl/α,β-unsaturated/α-hetero) is 1. The summed E-state index contributed by atoms with van der Waals surface area (Å²) in [5.74, 6) is -1.40. The second-order valence-corrected chi connectivity index (χ2v) is 5.76. The lowest BCUT2D eigenvalue weighted by molar-refractivity contribution is 0.0696. The van der Waals surface area contributed by atoms with E-state index in [2.05, 4.69) is 0 Å². The molecule has 0 radical (unpaired) electrons. The van der Waals surface area contributed by atoms with Crippen LogP contribution >= 0.6 is 0 Å². The summed E-state index contributed by atoms with van der Waals surface area (Å²) in [6, 6.07) is 12.3. The van der Waals surface area contributed by atoms with Crippen molar-refractivity contribution in [1.29, 1.82) is 0 Å². The van der Waals surface area contributed by atoms with Crippen LogP contribution in [0, 0.1) is 0 Å². The smallest absolute Gasteiger partial charge is 0.335 e. The van der Waals surface area contributed by atoms with Crippen molar-refractivity contribution >= 4 is 17.5 Å².